The first kappa shape index (κ1) is 26.0. The van der Waals surface area contributed by atoms with E-state index in [9.17, 15) is 0 Å². The maximum atomic E-state index is 6.08. The number of allylic oxidation sites excluding steroid dienone is 1. The largest absolute Gasteiger partial charge is 0.381 e. The molecule has 2 aliphatic rings. The van der Waals surface area contributed by atoms with Crippen LogP contribution in [0.1, 0.15) is 161 Å². The normalized spacial score (nSPS) is 24.8. The topological polar surface area (TPSA) is 9.23 Å². The second kappa shape index (κ2) is 19.4. The van der Waals surface area contributed by atoms with Crippen LogP contribution in [0.15, 0.2) is 11.1 Å². The summed E-state index contributed by atoms with van der Waals surface area (Å²) in [6.45, 7) is 1.96. The van der Waals surface area contributed by atoms with Crippen molar-refractivity contribution in [3.8, 4) is 0 Å². The third kappa shape index (κ3) is 13.9. The van der Waals surface area contributed by atoms with E-state index in [0.29, 0.717) is 0 Å². The first-order chi connectivity index (χ1) is 15.0. The van der Waals surface area contributed by atoms with Crippen LogP contribution >= 0.6 is 0 Å². The standard InChI is InChI=1S/C29H54O/c1-2-4-7-11-15-19-23-28(22-18-14-10-6-3-1)29-24-20-16-12-8-5-9-13-17-21-26-30-27-25-29/h1-27H2. The fraction of sp³-hybridized carbons (Fsp3) is 0.931. The summed E-state index contributed by atoms with van der Waals surface area (Å²) in [7, 11) is 0. The van der Waals surface area contributed by atoms with Crippen LogP contribution in [0.25, 0.3) is 0 Å². The van der Waals surface area contributed by atoms with Gasteiger partial charge >= 0.3 is 0 Å². The summed E-state index contributed by atoms with van der Waals surface area (Å²) in [6, 6.07) is 0. The van der Waals surface area contributed by atoms with Gasteiger partial charge in [-0.3, -0.25) is 0 Å². The molecule has 30 heavy (non-hydrogen) atoms. The Morgan fingerprint density at radius 3 is 0.967 bits per heavy atom. The molecule has 0 atom stereocenters. The van der Waals surface area contributed by atoms with Crippen LogP contribution in [-0.4, -0.2) is 13.2 Å². The van der Waals surface area contributed by atoms with Crippen molar-refractivity contribution >= 4 is 0 Å². The predicted octanol–water partition coefficient (Wildman–Crippen LogP) is 10.1. The molecule has 176 valence electrons. The predicted molar refractivity (Wildman–Crippen MR) is 133 cm³/mol. The summed E-state index contributed by atoms with van der Waals surface area (Å²) in [6.07, 6.45) is 35.6. The van der Waals surface area contributed by atoms with E-state index in [1.54, 1.807) is 0 Å². The Bertz CT molecular complexity index is 337. The van der Waals surface area contributed by atoms with Crippen molar-refractivity contribution < 1.29 is 4.74 Å². The zero-order valence-corrected chi connectivity index (χ0v) is 20.5. The third-order valence-electron chi connectivity index (χ3n) is 7.52. The lowest BCUT2D eigenvalue weighted by Gasteiger charge is -2.17. The Balaban J connectivity index is 1.92. The van der Waals surface area contributed by atoms with Gasteiger partial charge in [-0.05, 0) is 51.4 Å². The number of ether oxygens (including phenoxy) is 1. The molecule has 0 amide bonds. The lowest BCUT2D eigenvalue weighted by molar-refractivity contribution is 0.132. The first-order valence-corrected chi connectivity index (χ1v) is 14.2. The smallest absolute Gasteiger partial charge is 0.0503 e. The second-order valence-corrected chi connectivity index (χ2v) is 10.2. The van der Waals surface area contributed by atoms with Crippen molar-refractivity contribution in [1.29, 1.82) is 0 Å². The van der Waals surface area contributed by atoms with E-state index >= 15 is 0 Å². The monoisotopic (exact) mass is 418 g/mol. The minimum atomic E-state index is 0.971. The summed E-state index contributed by atoms with van der Waals surface area (Å²) >= 11 is 0. The molecular weight excluding hydrogens is 364 g/mol. The molecule has 0 bridgehead atoms. The van der Waals surface area contributed by atoms with Gasteiger partial charge in [-0.25, -0.2) is 0 Å². The van der Waals surface area contributed by atoms with Gasteiger partial charge in [0, 0.05) is 6.61 Å². The maximum absolute atomic E-state index is 6.08. The van der Waals surface area contributed by atoms with Crippen molar-refractivity contribution in [2.45, 2.75) is 161 Å². The van der Waals surface area contributed by atoms with E-state index in [2.05, 4.69) is 0 Å². The molecule has 1 heteroatoms. The maximum Gasteiger partial charge on any atom is 0.0503 e. The molecule has 1 heterocycles. The quantitative estimate of drug-likeness (QED) is 0.355. The highest BCUT2D eigenvalue weighted by Crippen LogP contribution is 2.28. The molecule has 2 rings (SSSR count). The number of hydrogen-bond donors (Lipinski definition) is 0. The Hall–Kier alpha value is -0.300. The molecule has 0 radical (unpaired) electrons. The molecule has 1 nitrogen and oxygen atoms in total. The Morgan fingerprint density at radius 2 is 0.567 bits per heavy atom. The molecule has 0 unspecified atom stereocenters. The molecule has 1 saturated carbocycles. The van der Waals surface area contributed by atoms with Gasteiger partial charge in [0.1, 0.15) is 0 Å². The highest BCUT2D eigenvalue weighted by molar-refractivity contribution is 5.15. The summed E-state index contributed by atoms with van der Waals surface area (Å²) < 4.78 is 6.08. The summed E-state index contributed by atoms with van der Waals surface area (Å²) in [5.74, 6) is 0. The lowest BCUT2D eigenvalue weighted by atomic mass is 9.91. The molecule has 1 saturated heterocycles. The van der Waals surface area contributed by atoms with E-state index in [-0.39, 0.29) is 0 Å². The molecular formula is C29H54O. The molecule has 0 aromatic rings. The third-order valence-corrected chi connectivity index (χ3v) is 7.52. The van der Waals surface area contributed by atoms with Gasteiger partial charge in [-0.2, -0.15) is 0 Å². The average molecular weight is 419 g/mol. The van der Waals surface area contributed by atoms with Gasteiger partial charge in [-0.15, -0.1) is 0 Å². The summed E-state index contributed by atoms with van der Waals surface area (Å²) in [5, 5.41) is 0. The van der Waals surface area contributed by atoms with Crippen LogP contribution in [0.2, 0.25) is 0 Å². The van der Waals surface area contributed by atoms with Crippen LogP contribution in [0.3, 0.4) is 0 Å². The van der Waals surface area contributed by atoms with Crippen molar-refractivity contribution in [1.82, 2.24) is 0 Å². The minimum Gasteiger partial charge on any atom is -0.381 e. The van der Waals surface area contributed by atoms with Gasteiger partial charge in [-0.1, -0.05) is 120 Å². The molecule has 0 N–H and O–H groups in total. The van der Waals surface area contributed by atoms with E-state index in [0.717, 1.165) is 13.2 Å². The minimum absolute atomic E-state index is 0.971. The fourth-order valence-corrected chi connectivity index (χ4v) is 5.48. The van der Waals surface area contributed by atoms with Crippen LogP contribution < -0.4 is 0 Å². The summed E-state index contributed by atoms with van der Waals surface area (Å²) in [5.41, 5.74) is 3.67. The molecule has 1 aliphatic carbocycles. The van der Waals surface area contributed by atoms with E-state index < -0.39 is 0 Å². The second-order valence-electron chi connectivity index (χ2n) is 10.2. The van der Waals surface area contributed by atoms with Gasteiger partial charge in [0.2, 0.25) is 0 Å². The van der Waals surface area contributed by atoms with Crippen molar-refractivity contribution in [2.75, 3.05) is 13.2 Å². The molecule has 1 aliphatic heterocycles. The van der Waals surface area contributed by atoms with Gasteiger partial charge < -0.3 is 4.74 Å². The Labute approximate surface area is 189 Å². The molecule has 0 aromatic carbocycles. The average Bonchev–Trinajstić information content (AvgIpc) is 2.77. The molecule has 2 fully saturated rings. The Morgan fingerprint density at radius 1 is 0.267 bits per heavy atom. The van der Waals surface area contributed by atoms with Gasteiger partial charge in [0.25, 0.3) is 0 Å². The molecule has 0 spiro atoms. The van der Waals surface area contributed by atoms with Crippen LogP contribution in [0.5, 0.6) is 0 Å². The zero-order chi connectivity index (χ0) is 21.0. The number of rotatable bonds is 0. The summed E-state index contributed by atoms with van der Waals surface area (Å²) in [4.78, 5) is 0. The van der Waals surface area contributed by atoms with Crippen molar-refractivity contribution in [3.05, 3.63) is 11.1 Å². The lowest BCUT2D eigenvalue weighted by Crippen LogP contribution is -2.02. The van der Waals surface area contributed by atoms with Crippen molar-refractivity contribution in [2.24, 2.45) is 0 Å². The van der Waals surface area contributed by atoms with Crippen LogP contribution in [-0.2, 0) is 4.74 Å². The zero-order valence-electron chi connectivity index (χ0n) is 20.5. The highest BCUT2D eigenvalue weighted by atomic mass is 16.5. The van der Waals surface area contributed by atoms with Gasteiger partial charge in [0.15, 0.2) is 0 Å². The fourth-order valence-electron chi connectivity index (χ4n) is 5.48. The van der Waals surface area contributed by atoms with E-state index in [4.69, 9.17) is 4.74 Å². The van der Waals surface area contributed by atoms with Crippen LogP contribution in [0.4, 0.5) is 0 Å². The first-order valence-electron chi connectivity index (χ1n) is 14.2. The van der Waals surface area contributed by atoms with Crippen molar-refractivity contribution in [3.63, 3.8) is 0 Å². The van der Waals surface area contributed by atoms with Crippen LogP contribution in [0, 0.1) is 0 Å². The Kier molecular flexibility index (Phi) is 16.8. The number of hydrogen-bond acceptors (Lipinski definition) is 1. The molecule has 0 aromatic heterocycles. The highest BCUT2D eigenvalue weighted by Gasteiger charge is 2.09. The van der Waals surface area contributed by atoms with E-state index in [1.165, 1.54) is 161 Å². The van der Waals surface area contributed by atoms with Gasteiger partial charge in [0.05, 0.1) is 6.61 Å². The van der Waals surface area contributed by atoms with E-state index in [1.807, 2.05) is 11.1 Å². The SMILES string of the molecule is C1CCCCCCCC(=C2CCCCCCCCCCCOCC2)CCCCCC1.